The van der Waals surface area contributed by atoms with Crippen LogP contribution in [0.5, 0.6) is 0 Å². The zero-order valence-electron chi connectivity index (χ0n) is 11.4. The fraction of sp³-hybridized carbons (Fsp3) is 1.00. The lowest BCUT2D eigenvalue weighted by Crippen LogP contribution is -2.57. The Kier molecular flexibility index (Phi) is 5.22. The van der Waals surface area contributed by atoms with Crippen LogP contribution in [-0.4, -0.2) is 43.3 Å². The summed E-state index contributed by atoms with van der Waals surface area (Å²) in [4.78, 5) is 2.59. The van der Waals surface area contributed by atoms with Crippen LogP contribution < -0.4 is 5.73 Å². The van der Waals surface area contributed by atoms with Crippen LogP contribution in [0, 0.1) is 11.8 Å². The van der Waals surface area contributed by atoms with Crippen molar-refractivity contribution in [2.75, 3.05) is 20.3 Å². The normalized spacial score (nSPS) is 34.3. The maximum absolute atomic E-state index is 6.12. The molecule has 3 heteroatoms. The van der Waals surface area contributed by atoms with Crippen LogP contribution in [0.3, 0.4) is 0 Å². The zero-order valence-corrected chi connectivity index (χ0v) is 11.4. The minimum absolute atomic E-state index is 0.363. The highest BCUT2D eigenvalue weighted by Crippen LogP contribution is 2.26. The second-order valence-electron chi connectivity index (χ2n) is 5.56. The van der Waals surface area contributed by atoms with E-state index in [2.05, 4.69) is 32.6 Å². The van der Waals surface area contributed by atoms with E-state index in [4.69, 9.17) is 10.5 Å². The Balaban J connectivity index is 2.69. The molecule has 0 aliphatic carbocycles. The summed E-state index contributed by atoms with van der Waals surface area (Å²) in [6, 6.07) is 1.45. The molecule has 0 aromatic carbocycles. The van der Waals surface area contributed by atoms with Gasteiger partial charge in [-0.1, -0.05) is 20.8 Å². The summed E-state index contributed by atoms with van der Waals surface area (Å²) in [7, 11) is 1.79. The molecular weight excluding hydrogens is 200 g/mol. The van der Waals surface area contributed by atoms with E-state index in [-0.39, 0.29) is 0 Å². The quantitative estimate of drug-likeness (QED) is 0.796. The lowest BCUT2D eigenvalue weighted by Gasteiger charge is -2.46. The van der Waals surface area contributed by atoms with Crippen LogP contribution in [0.25, 0.3) is 0 Å². The number of nitrogens with two attached hydrogens (primary N) is 1. The van der Waals surface area contributed by atoms with E-state index in [0.29, 0.717) is 30.0 Å². The predicted molar refractivity (Wildman–Crippen MR) is 68.4 cm³/mol. The van der Waals surface area contributed by atoms with E-state index in [9.17, 15) is 0 Å². The topological polar surface area (TPSA) is 38.5 Å². The summed E-state index contributed by atoms with van der Waals surface area (Å²) in [5, 5.41) is 0. The van der Waals surface area contributed by atoms with E-state index in [1.807, 2.05) is 0 Å². The Morgan fingerprint density at radius 2 is 2.00 bits per heavy atom. The Morgan fingerprint density at radius 1 is 1.38 bits per heavy atom. The van der Waals surface area contributed by atoms with Crippen molar-refractivity contribution in [1.29, 1.82) is 0 Å². The predicted octanol–water partition coefficient (Wildman–Crippen LogP) is 1.72. The van der Waals surface area contributed by atoms with Gasteiger partial charge in [-0.25, -0.2) is 0 Å². The summed E-state index contributed by atoms with van der Waals surface area (Å²) in [5.74, 6) is 1.20. The van der Waals surface area contributed by atoms with Crippen LogP contribution in [0.1, 0.15) is 34.1 Å². The highest BCUT2D eigenvalue weighted by molar-refractivity contribution is 4.90. The van der Waals surface area contributed by atoms with E-state index < -0.39 is 0 Å². The summed E-state index contributed by atoms with van der Waals surface area (Å²) in [6.07, 6.45) is 1.11. The van der Waals surface area contributed by atoms with E-state index in [0.717, 1.165) is 19.6 Å². The Labute approximate surface area is 100 Å². The molecule has 4 unspecified atom stereocenters. The molecule has 0 spiro atoms. The summed E-state index contributed by atoms with van der Waals surface area (Å²) in [6.45, 7) is 11.1. The van der Waals surface area contributed by atoms with Gasteiger partial charge < -0.3 is 10.5 Å². The van der Waals surface area contributed by atoms with Gasteiger partial charge in [0.1, 0.15) is 0 Å². The van der Waals surface area contributed by atoms with Gasteiger partial charge >= 0.3 is 0 Å². The van der Waals surface area contributed by atoms with Crippen LogP contribution in [-0.2, 0) is 4.74 Å². The first-order chi connectivity index (χ1) is 7.49. The van der Waals surface area contributed by atoms with E-state index in [1.165, 1.54) is 0 Å². The summed E-state index contributed by atoms with van der Waals surface area (Å²) < 4.78 is 5.36. The molecule has 0 radical (unpaired) electrons. The molecule has 96 valence electrons. The SMILES string of the molecule is COCC(C(C)C)N1CCC(N)C(C)C1C. The molecule has 0 aromatic rings. The van der Waals surface area contributed by atoms with Crippen molar-refractivity contribution in [2.45, 2.75) is 52.2 Å². The number of likely N-dealkylation sites (tertiary alicyclic amines) is 1. The second-order valence-corrected chi connectivity index (χ2v) is 5.56. The molecule has 1 aliphatic rings. The Hall–Kier alpha value is -0.120. The summed E-state index contributed by atoms with van der Waals surface area (Å²) >= 11 is 0. The van der Waals surface area contributed by atoms with Gasteiger partial charge in [0.05, 0.1) is 6.61 Å². The molecule has 1 saturated heterocycles. The van der Waals surface area contributed by atoms with Gasteiger partial charge in [0.2, 0.25) is 0 Å². The molecule has 1 heterocycles. The molecule has 1 rings (SSSR count). The number of methoxy groups -OCH3 is 1. The van der Waals surface area contributed by atoms with Gasteiger partial charge in [-0.3, -0.25) is 4.90 Å². The van der Waals surface area contributed by atoms with Crippen LogP contribution in [0.15, 0.2) is 0 Å². The first-order valence-electron chi connectivity index (χ1n) is 6.49. The van der Waals surface area contributed by atoms with Crippen molar-refractivity contribution in [3.8, 4) is 0 Å². The molecule has 1 fully saturated rings. The minimum Gasteiger partial charge on any atom is -0.383 e. The third kappa shape index (κ3) is 2.96. The number of nitrogens with zero attached hydrogens (tertiary/aromatic N) is 1. The number of hydrogen-bond donors (Lipinski definition) is 1. The fourth-order valence-electron chi connectivity index (χ4n) is 2.73. The minimum atomic E-state index is 0.363. The average Bonchev–Trinajstić information content (AvgIpc) is 2.24. The van der Waals surface area contributed by atoms with Gasteiger partial charge in [-0.2, -0.15) is 0 Å². The standard InChI is InChI=1S/C13H28N2O/c1-9(2)13(8-16-5)15-7-6-12(14)10(3)11(15)4/h9-13H,6-8,14H2,1-5H3. The molecule has 0 saturated carbocycles. The van der Waals surface area contributed by atoms with Gasteiger partial charge in [-0.05, 0) is 25.2 Å². The third-order valence-corrected chi connectivity index (χ3v) is 4.21. The summed E-state index contributed by atoms with van der Waals surface area (Å²) in [5.41, 5.74) is 6.12. The molecule has 4 atom stereocenters. The van der Waals surface area contributed by atoms with E-state index in [1.54, 1.807) is 7.11 Å². The largest absolute Gasteiger partial charge is 0.383 e. The molecule has 0 aromatic heterocycles. The molecule has 0 bridgehead atoms. The molecule has 3 nitrogen and oxygen atoms in total. The van der Waals surface area contributed by atoms with Crippen LogP contribution >= 0.6 is 0 Å². The first-order valence-corrected chi connectivity index (χ1v) is 6.49. The second kappa shape index (κ2) is 5.99. The van der Waals surface area contributed by atoms with Crippen molar-refractivity contribution in [3.63, 3.8) is 0 Å². The van der Waals surface area contributed by atoms with Gasteiger partial charge in [0, 0.05) is 31.8 Å². The average molecular weight is 228 g/mol. The van der Waals surface area contributed by atoms with Gasteiger partial charge in [0.25, 0.3) is 0 Å². The number of ether oxygens (including phenoxy) is 1. The molecule has 2 N–H and O–H groups in total. The maximum Gasteiger partial charge on any atom is 0.0620 e. The number of piperidine rings is 1. The fourth-order valence-corrected chi connectivity index (χ4v) is 2.73. The van der Waals surface area contributed by atoms with E-state index >= 15 is 0 Å². The first kappa shape index (κ1) is 13.9. The Bertz CT molecular complexity index is 208. The van der Waals surface area contributed by atoms with Crippen molar-refractivity contribution >= 4 is 0 Å². The maximum atomic E-state index is 6.12. The van der Waals surface area contributed by atoms with Gasteiger partial charge in [0.15, 0.2) is 0 Å². The Morgan fingerprint density at radius 3 is 2.50 bits per heavy atom. The smallest absolute Gasteiger partial charge is 0.0620 e. The molecular formula is C13H28N2O. The lowest BCUT2D eigenvalue weighted by atomic mass is 9.85. The number of hydrogen-bond acceptors (Lipinski definition) is 3. The van der Waals surface area contributed by atoms with Crippen molar-refractivity contribution in [2.24, 2.45) is 17.6 Å². The van der Waals surface area contributed by atoms with Crippen LogP contribution in [0.4, 0.5) is 0 Å². The third-order valence-electron chi connectivity index (χ3n) is 4.21. The van der Waals surface area contributed by atoms with Crippen molar-refractivity contribution in [1.82, 2.24) is 4.90 Å². The van der Waals surface area contributed by atoms with Crippen LogP contribution in [0.2, 0.25) is 0 Å². The molecule has 1 aliphatic heterocycles. The van der Waals surface area contributed by atoms with Gasteiger partial charge in [-0.15, -0.1) is 0 Å². The number of rotatable bonds is 4. The highest BCUT2D eigenvalue weighted by atomic mass is 16.5. The highest BCUT2D eigenvalue weighted by Gasteiger charge is 2.35. The molecule has 0 amide bonds. The molecule has 16 heavy (non-hydrogen) atoms. The lowest BCUT2D eigenvalue weighted by molar-refractivity contribution is -0.00119. The van der Waals surface area contributed by atoms with Crippen molar-refractivity contribution in [3.05, 3.63) is 0 Å². The van der Waals surface area contributed by atoms with Crippen molar-refractivity contribution < 1.29 is 4.74 Å². The monoisotopic (exact) mass is 228 g/mol. The zero-order chi connectivity index (χ0) is 12.3.